The van der Waals surface area contributed by atoms with Gasteiger partial charge in [0.2, 0.25) is 5.91 Å². The van der Waals surface area contributed by atoms with Crippen LogP contribution in [0.2, 0.25) is 0 Å². The molecule has 190 valence electrons. The molecule has 1 fully saturated rings. The molecule has 0 spiro atoms. The van der Waals surface area contributed by atoms with Crippen LogP contribution in [-0.2, 0) is 19.1 Å². The molecule has 3 amide bonds. The van der Waals surface area contributed by atoms with E-state index >= 15 is 0 Å². The van der Waals surface area contributed by atoms with Gasteiger partial charge in [-0.25, -0.2) is 4.98 Å². The van der Waals surface area contributed by atoms with Crippen molar-refractivity contribution < 1.29 is 23.9 Å². The first-order chi connectivity index (χ1) is 17.3. The number of benzene rings is 1. The van der Waals surface area contributed by atoms with Crippen molar-refractivity contribution in [3.05, 3.63) is 69.0 Å². The Bertz CT molecular complexity index is 1160. The summed E-state index contributed by atoms with van der Waals surface area (Å²) in [4.78, 5) is 56.3. The highest BCUT2D eigenvalue weighted by Crippen LogP contribution is 2.24. The minimum Gasteiger partial charge on any atom is -0.465 e. The summed E-state index contributed by atoms with van der Waals surface area (Å²) in [7, 11) is 0. The number of halogens is 2. The summed E-state index contributed by atoms with van der Waals surface area (Å²) in [5.74, 6) is -1.64. The lowest BCUT2D eigenvalue weighted by atomic mass is 10.2. The average Bonchev–Trinajstić information content (AvgIpc) is 3.36. The Hall–Kier alpha value is -3.25. The normalized spacial score (nSPS) is 15.2. The van der Waals surface area contributed by atoms with Crippen LogP contribution in [0.25, 0.3) is 0 Å². The van der Waals surface area contributed by atoms with Gasteiger partial charge in [-0.1, -0.05) is 18.2 Å². The fourth-order valence-electron chi connectivity index (χ4n) is 3.52. The molecule has 1 unspecified atom stereocenters. The maximum Gasteiger partial charge on any atom is 0.325 e. The van der Waals surface area contributed by atoms with Crippen molar-refractivity contribution in [1.29, 1.82) is 0 Å². The quantitative estimate of drug-likeness (QED) is 0.290. The zero-order valence-corrected chi connectivity index (χ0v) is 22.6. The van der Waals surface area contributed by atoms with E-state index in [1.807, 2.05) is 0 Å². The maximum atomic E-state index is 13.5. The Kier molecular flexibility index (Phi) is 10.00. The number of amides is 3. The summed E-state index contributed by atoms with van der Waals surface area (Å²) in [6.07, 6.45) is 3.94. The number of hydrogen-bond donors (Lipinski definition) is 3. The SMILES string of the molecule is CCOC(=O)CNC(=O)C1CCCN1C(=O)/C(=C/Nc1ncc(Br)cc1Br)NC(=O)c1ccccc1. The molecule has 2 aromatic rings. The van der Waals surface area contributed by atoms with Crippen molar-refractivity contribution in [2.24, 2.45) is 0 Å². The number of nitrogens with one attached hydrogen (secondary N) is 3. The van der Waals surface area contributed by atoms with Crippen LogP contribution in [-0.4, -0.2) is 59.3 Å². The van der Waals surface area contributed by atoms with Crippen molar-refractivity contribution >= 4 is 61.4 Å². The van der Waals surface area contributed by atoms with Crippen molar-refractivity contribution in [3.63, 3.8) is 0 Å². The zero-order chi connectivity index (χ0) is 26.1. The van der Waals surface area contributed by atoms with Gasteiger partial charge >= 0.3 is 5.97 Å². The zero-order valence-electron chi connectivity index (χ0n) is 19.4. The first-order valence-corrected chi connectivity index (χ1v) is 12.8. The second kappa shape index (κ2) is 13.2. The monoisotopic (exact) mass is 621 g/mol. The number of ether oxygens (including phenoxy) is 1. The van der Waals surface area contributed by atoms with E-state index in [4.69, 9.17) is 4.74 Å². The van der Waals surface area contributed by atoms with Crippen LogP contribution in [0, 0.1) is 0 Å². The van der Waals surface area contributed by atoms with Gasteiger partial charge in [-0.15, -0.1) is 0 Å². The standard InChI is InChI=1S/C24H25Br2N5O5/c1-2-36-20(32)14-29-23(34)19-9-6-10-31(19)24(35)18(30-22(33)15-7-4-3-5-8-15)13-28-21-17(26)11-16(25)12-27-21/h3-5,7-8,11-13,19H,2,6,9-10,14H2,1H3,(H,27,28)(H,29,34)(H,30,33)/b18-13-. The molecule has 0 saturated carbocycles. The van der Waals surface area contributed by atoms with Crippen LogP contribution in [0.1, 0.15) is 30.1 Å². The van der Waals surface area contributed by atoms with Gasteiger partial charge in [-0.05, 0) is 69.8 Å². The van der Waals surface area contributed by atoms with E-state index in [0.29, 0.717) is 35.2 Å². The Morgan fingerprint density at radius 3 is 2.64 bits per heavy atom. The van der Waals surface area contributed by atoms with Crippen LogP contribution < -0.4 is 16.0 Å². The van der Waals surface area contributed by atoms with Gasteiger partial charge in [0.15, 0.2) is 0 Å². The minimum absolute atomic E-state index is 0.0643. The highest BCUT2D eigenvalue weighted by molar-refractivity contribution is 9.11. The second-order valence-corrected chi connectivity index (χ2v) is 9.46. The summed E-state index contributed by atoms with van der Waals surface area (Å²) >= 11 is 6.73. The molecule has 0 bridgehead atoms. The predicted octanol–water partition coefficient (Wildman–Crippen LogP) is 2.96. The molecule has 0 aliphatic carbocycles. The van der Waals surface area contributed by atoms with Gasteiger partial charge in [-0.2, -0.15) is 0 Å². The Morgan fingerprint density at radius 2 is 1.94 bits per heavy atom. The number of nitrogens with zero attached hydrogens (tertiary/aromatic N) is 2. The number of likely N-dealkylation sites (tertiary alicyclic amines) is 1. The molecule has 1 atom stereocenters. The van der Waals surface area contributed by atoms with Gasteiger partial charge < -0.3 is 25.6 Å². The molecule has 3 N–H and O–H groups in total. The van der Waals surface area contributed by atoms with Gasteiger partial charge in [0.1, 0.15) is 24.1 Å². The van der Waals surface area contributed by atoms with Crippen molar-refractivity contribution in [1.82, 2.24) is 20.5 Å². The fourth-order valence-corrected chi connectivity index (χ4v) is 4.62. The molecule has 36 heavy (non-hydrogen) atoms. The fraction of sp³-hybridized carbons (Fsp3) is 0.292. The van der Waals surface area contributed by atoms with Crippen molar-refractivity contribution in [3.8, 4) is 0 Å². The molecule has 1 saturated heterocycles. The van der Waals surface area contributed by atoms with E-state index in [-0.39, 0.29) is 18.8 Å². The summed E-state index contributed by atoms with van der Waals surface area (Å²) in [6.45, 7) is 1.90. The van der Waals surface area contributed by atoms with E-state index in [0.717, 1.165) is 4.47 Å². The summed E-state index contributed by atoms with van der Waals surface area (Å²) in [5, 5.41) is 8.10. The lowest BCUT2D eigenvalue weighted by molar-refractivity contribution is -0.144. The molecule has 0 radical (unpaired) electrons. The van der Waals surface area contributed by atoms with E-state index < -0.39 is 29.7 Å². The van der Waals surface area contributed by atoms with Gasteiger partial charge in [0, 0.05) is 29.0 Å². The van der Waals surface area contributed by atoms with E-state index in [1.165, 1.54) is 11.1 Å². The maximum absolute atomic E-state index is 13.5. The first-order valence-electron chi connectivity index (χ1n) is 11.2. The molecular weight excluding hydrogens is 598 g/mol. The molecule has 1 aliphatic rings. The number of pyridine rings is 1. The number of hydrogen-bond acceptors (Lipinski definition) is 7. The topological polar surface area (TPSA) is 130 Å². The number of rotatable bonds is 9. The van der Waals surface area contributed by atoms with Gasteiger partial charge in [0.25, 0.3) is 11.8 Å². The van der Waals surface area contributed by atoms with E-state index in [9.17, 15) is 19.2 Å². The average molecular weight is 623 g/mol. The largest absolute Gasteiger partial charge is 0.465 e. The van der Waals surface area contributed by atoms with Crippen LogP contribution >= 0.6 is 31.9 Å². The summed E-state index contributed by atoms with van der Waals surface area (Å²) < 4.78 is 6.22. The third-order valence-electron chi connectivity index (χ3n) is 5.20. The van der Waals surface area contributed by atoms with E-state index in [1.54, 1.807) is 49.5 Å². The second-order valence-electron chi connectivity index (χ2n) is 7.69. The molecule has 1 aromatic heterocycles. The lowest BCUT2D eigenvalue weighted by Gasteiger charge is -2.25. The van der Waals surface area contributed by atoms with E-state index in [2.05, 4.69) is 52.8 Å². The van der Waals surface area contributed by atoms with Crippen LogP contribution in [0.4, 0.5) is 5.82 Å². The number of esters is 1. The molecule has 10 nitrogen and oxygen atoms in total. The Balaban J connectivity index is 1.81. The molecule has 2 heterocycles. The molecule has 1 aromatic carbocycles. The minimum atomic E-state index is -0.790. The predicted molar refractivity (Wildman–Crippen MR) is 140 cm³/mol. The number of carbonyl (C=O) groups excluding carboxylic acids is 4. The van der Waals surface area contributed by atoms with Crippen LogP contribution in [0.15, 0.2) is 63.4 Å². The third-order valence-corrected chi connectivity index (χ3v) is 6.24. The van der Waals surface area contributed by atoms with Crippen LogP contribution in [0.5, 0.6) is 0 Å². The highest BCUT2D eigenvalue weighted by Gasteiger charge is 2.36. The smallest absolute Gasteiger partial charge is 0.325 e. The number of carbonyl (C=O) groups is 4. The number of anilines is 1. The molecular formula is C24H25Br2N5O5. The molecule has 12 heteroatoms. The van der Waals surface area contributed by atoms with Crippen molar-refractivity contribution in [2.45, 2.75) is 25.8 Å². The Morgan fingerprint density at radius 1 is 1.19 bits per heavy atom. The summed E-state index contributed by atoms with van der Waals surface area (Å²) in [6, 6.07) is 9.44. The van der Waals surface area contributed by atoms with Gasteiger partial charge in [-0.3, -0.25) is 19.2 Å². The highest BCUT2D eigenvalue weighted by atomic mass is 79.9. The van der Waals surface area contributed by atoms with Gasteiger partial charge in [0.05, 0.1) is 11.1 Å². The Labute approximate surface area is 225 Å². The van der Waals surface area contributed by atoms with Crippen LogP contribution in [0.3, 0.4) is 0 Å². The third kappa shape index (κ3) is 7.37. The number of aromatic nitrogens is 1. The summed E-state index contributed by atoms with van der Waals surface area (Å²) in [5.41, 5.74) is 0.301. The first kappa shape index (κ1) is 27.3. The lowest BCUT2D eigenvalue weighted by Crippen LogP contribution is -2.49. The molecule has 1 aliphatic heterocycles. The molecule has 3 rings (SSSR count). The van der Waals surface area contributed by atoms with Crippen molar-refractivity contribution in [2.75, 3.05) is 25.0 Å².